The molecule has 0 saturated carbocycles. The molecule has 8 heteroatoms. The molecule has 4 heterocycles. The van der Waals surface area contributed by atoms with Crippen LogP contribution in [0.5, 0.6) is 0 Å². The van der Waals surface area contributed by atoms with E-state index in [4.69, 9.17) is 9.63 Å². The van der Waals surface area contributed by atoms with E-state index in [0.29, 0.717) is 24.3 Å². The van der Waals surface area contributed by atoms with E-state index in [1.54, 1.807) is 6.20 Å². The number of carboxylic acid groups (broad SMARTS) is 1. The Kier molecular flexibility index (Phi) is 5.01. The molecule has 3 aromatic heterocycles. The third kappa shape index (κ3) is 3.56. The van der Waals surface area contributed by atoms with Crippen LogP contribution in [0.4, 0.5) is 0 Å². The topological polar surface area (TPSA) is 97.3 Å². The Morgan fingerprint density at radius 1 is 1.28 bits per heavy atom. The Hall–Kier alpha value is -3.52. The van der Waals surface area contributed by atoms with Crippen molar-refractivity contribution in [2.24, 2.45) is 0 Å². The van der Waals surface area contributed by atoms with Gasteiger partial charge in [-0.05, 0) is 56.0 Å². The Bertz CT molecular complexity index is 1320. The van der Waals surface area contributed by atoms with Gasteiger partial charge in [0, 0.05) is 42.5 Å². The number of aromatic nitrogens is 4. The third-order valence-electron chi connectivity index (χ3n) is 6.15. The lowest BCUT2D eigenvalue weighted by atomic mass is 9.91. The zero-order valence-corrected chi connectivity index (χ0v) is 18.4. The van der Waals surface area contributed by atoms with Crippen LogP contribution < -0.4 is 0 Å². The summed E-state index contributed by atoms with van der Waals surface area (Å²) in [6, 6.07) is 8.45. The number of pyridine rings is 1. The van der Waals surface area contributed by atoms with E-state index in [9.17, 15) is 4.79 Å². The van der Waals surface area contributed by atoms with E-state index in [1.807, 2.05) is 35.4 Å². The van der Waals surface area contributed by atoms with Crippen molar-refractivity contribution in [1.82, 2.24) is 24.6 Å². The van der Waals surface area contributed by atoms with Crippen LogP contribution in [0.3, 0.4) is 0 Å². The van der Waals surface area contributed by atoms with Gasteiger partial charge in [-0.1, -0.05) is 17.3 Å². The van der Waals surface area contributed by atoms with Gasteiger partial charge in [0.15, 0.2) is 0 Å². The normalized spacial score (nSPS) is 14.2. The van der Waals surface area contributed by atoms with Crippen molar-refractivity contribution < 1.29 is 14.4 Å². The molecule has 1 N–H and O–H groups in total. The molecule has 0 aliphatic carbocycles. The van der Waals surface area contributed by atoms with Gasteiger partial charge in [-0.15, -0.1) is 0 Å². The molecule has 0 saturated heterocycles. The highest BCUT2D eigenvalue weighted by atomic mass is 16.5. The van der Waals surface area contributed by atoms with Crippen molar-refractivity contribution in [2.75, 3.05) is 13.1 Å². The fourth-order valence-electron chi connectivity index (χ4n) is 4.50. The summed E-state index contributed by atoms with van der Waals surface area (Å²) in [5, 5.41) is 14.3. The third-order valence-corrected chi connectivity index (χ3v) is 6.15. The minimum absolute atomic E-state index is 0.0629. The maximum Gasteiger partial charge on any atom is 0.317 e. The van der Waals surface area contributed by atoms with Crippen molar-refractivity contribution >= 4 is 17.0 Å². The molecule has 32 heavy (non-hydrogen) atoms. The van der Waals surface area contributed by atoms with Gasteiger partial charge in [-0.2, -0.15) is 4.98 Å². The smallest absolute Gasteiger partial charge is 0.317 e. The summed E-state index contributed by atoms with van der Waals surface area (Å²) in [6.07, 6.45) is 4.62. The van der Waals surface area contributed by atoms with Crippen LogP contribution >= 0.6 is 0 Å². The zero-order chi connectivity index (χ0) is 22.4. The van der Waals surface area contributed by atoms with E-state index < -0.39 is 5.97 Å². The summed E-state index contributed by atoms with van der Waals surface area (Å²) in [7, 11) is 0. The summed E-state index contributed by atoms with van der Waals surface area (Å²) in [4.78, 5) is 22.2. The van der Waals surface area contributed by atoms with E-state index in [0.717, 1.165) is 46.3 Å². The number of benzene rings is 1. The Labute approximate surface area is 185 Å². The summed E-state index contributed by atoms with van der Waals surface area (Å²) >= 11 is 0. The quantitative estimate of drug-likeness (QED) is 0.508. The average molecular weight is 431 g/mol. The highest BCUT2D eigenvalue weighted by Gasteiger charge is 2.22. The minimum Gasteiger partial charge on any atom is -0.480 e. The van der Waals surface area contributed by atoms with Crippen LogP contribution in [0.25, 0.3) is 33.9 Å². The maximum atomic E-state index is 11.0. The number of fused-ring (bicyclic) bond motifs is 2. The molecule has 0 radical (unpaired) electrons. The number of aliphatic carboxylic acids is 1. The number of hydrogen-bond acceptors (Lipinski definition) is 6. The first-order valence-corrected chi connectivity index (χ1v) is 10.8. The number of hydrogen-bond donors (Lipinski definition) is 1. The van der Waals surface area contributed by atoms with Crippen LogP contribution in [0.2, 0.25) is 0 Å². The molecule has 0 atom stereocenters. The molecule has 1 aliphatic heterocycles. The summed E-state index contributed by atoms with van der Waals surface area (Å²) in [5.41, 5.74) is 6.18. The van der Waals surface area contributed by atoms with Crippen molar-refractivity contribution in [3.63, 3.8) is 0 Å². The van der Waals surface area contributed by atoms with Gasteiger partial charge in [-0.3, -0.25) is 9.69 Å². The van der Waals surface area contributed by atoms with Crippen LogP contribution in [0.1, 0.15) is 36.6 Å². The summed E-state index contributed by atoms with van der Waals surface area (Å²) < 4.78 is 7.72. The first-order valence-electron chi connectivity index (χ1n) is 10.8. The second-order valence-electron chi connectivity index (χ2n) is 8.61. The molecular weight excluding hydrogens is 406 g/mol. The molecule has 0 amide bonds. The standard InChI is InChI=1S/C24H25N5O3/c1-14(2)29-9-6-16-10-18(11-25-23(16)29)24-26-22(27-32-24)20-5-4-17-12-28(13-21(30)31)8-7-19(17)15(20)3/h4-6,9-11,14H,7-8,12-13H2,1-3H3,(H,30,31). The Balaban J connectivity index is 1.44. The highest BCUT2D eigenvalue weighted by molar-refractivity contribution is 5.80. The second-order valence-corrected chi connectivity index (χ2v) is 8.61. The van der Waals surface area contributed by atoms with Crippen molar-refractivity contribution in [3.05, 3.63) is 53.3 Å². The fourth-order valence-corrected chi connectivity index (χ4v) is 4.50. The monoisotopic (exact) mass is 431 g/mol. The molecule has 1 aromatic carbocycles. The van der Waals surface area contributed by atoms with Crippen LogP contribution in [0.15, 0.2) is 41.2 Å². The van der Waals surface area contributed by atoms with E-state index in [2.05, 4.69) is 40.5 Å². The fraction of sp³-hybridized carbons (Fsp3) is 0.333. The van der Waals surface area contributed by atoms with Crippen molar-refractivity contribution in [1.29, 1.82) is 0 Å². The Morgan fingerprint density at radius 2 is 2.12 bits per heavy atom. The van der Waals surface area contributed by atoms with Gasteiger partial charge in [-0.25, -0.2) is 4.98 Å². The highest BCUT2D eigenvalue weighted by Crippen LogP contribution is 2.31. The number of carbonyl (C=O) groups is 1. The van der Waals surface area contributed by atoms with E-state index >= 15 is 0 Å². The lowest BCUT2D eigenvalue weighted by molar-refractivity contribution is -0.138. The lowest BCUT2D eigenvalue weighted by Crippen LogP contribution is -2.35. The minimum atomic E-state index is -0.797. The molecule has 164 valence electrons. The van der Waals surface area contributed by atoms with Gasteiger partial charge in [0.05, 0.1) is 12.1 Å². The first-order chi connectivity index (χ1) is 15.4. The lowest BCUT2D eigenvalue weighted by Gasteiger charge is -2.28. The number of nitrogens with zero attached hydrogens (tertiary/aromatic N) is 5. The molecular formula is C24H25N5O3. The molecule has 8 nitrogen and oxygen atoms in total. The number of rotatable bonds is 5. The van der Waals surface area contributed by atoms with Gasteiger partial charge in [0.25, 0.3) is 5.89 Å². The Morgan fingerprint density at radius 3 is 2.91 bits per heavy atom. The van der Waals surface area contributed by atoms with Gasteiger partial charge >= 0.3 is 5.97 Å². The average Bonchev–Trinajstić information content (AvgIpc) is 3.40. The predicted octanol–water partition coefficient (Wildman–Crippen LogP) is 4.09. The predicted molar refractivity (Wildman–Crippen MR) is 120 cm³/mol. The maximum absolute atomic E-state index is 11.0. The van der Waals surface area contributed by atoms with Crippen molar-refractivity contribution in [3.8, 4) is 22.8 Å². The van der Waals surface area contributed by atoms with Crippen LogP contribution in [-0.2, 0) is 17.8 Å². The van der Waals surface area contributed by atoms with Crippen LogP contribution in [-0.4, -0.2) is 48.8 Å². The van der Waals surface area contributed by atoms with Gasteiger partial charge in [0.2, 0.25) is 5.82 Å². The molecule has 0 fully saturated rings. The van der Waals surface area contributed by atoms with Gasteiger partial charge in [0.1, 0.15) is 5.65 Å². The molecule has 1 aliphatic rings. The number of carboxylic acids is 1. The second kappa shape index (κ2) is 7.87. The molecule has 4 aromatic rings. The molecule has 0 unspecified atom stereocenters. The summed E-state index contributed by atoms with van der Waals surface area (Å²) in [6.45, 7) is 7.76. The SMILES string of the molecule is Cc1c(-c2noc(-c3cnc4c(ccn4C(C)C)c3)n2)ccc2c1CCN(CC(=O)O)C2. The van der Waals surface area contributed by atoms with Gasteiger partial charge < -0.3 is 14.2 Å². The molecule has 0 spiro atoms. The van der Waals surface area contributed by atoms with E-state index in [1.165, 1.54) is 5.56 Å². The zero-order valence-electron chi connectivity index (χ0n) is 18.4. The van der Waals surface area contributed by atoms with Crippen molar-refractivity contribution in [2.45, 2.75) is 39.8 Å². The summed E-state index contributed by atoms with van der Waals surface area (Å²) in [5.74, 6) is 0.194. The molecule has 0 bridgehead atoms. The largest absolute Gasteiger partial charge is 0.480 e. The first kappa shape index (κ1) is 20.4. The molecule has 5 rings (SSSR count). The van der Waals surface area contributed by atoms with E-state index in [-0.39, 0.29) is 6.54 Å². The van der Waals surface area contributed by atoms with Crippen LogP contribution in [0, 0.1) is 6.92 Å².